The third-order valence-electron chi connectivity index (χ3n) is 4.90. The van der Waals surface area contributed by atoms with Crippen molar-refractivity contribution in [1.29, 1.82) is 0 Å². The van der Waals surface area contributed by atoms with Crippen LogP contribution in [-0.2, 0) is 16.0 Å². The van der Waals surface area contributed by atoms with E-state index in [1.54, 1.807) is 35.2 Å². The van der Waals surface area contributed by atoms with Gasteiger partial charge in [0.2, 0.25) is 11.8 Å². The molecule has 1 saturated heterocycles. The molecule has 2 aromatic rings. The van der Waals surface area contributed by atoms with E-state index in [9.17, 15) is 9.59 Å². The van der Waals surface area contributed by atoms with Crippen LogP contribution in [0.15, 0.2) is 42.5 Å². The van der Waals surface area contributed by atoms with E-state index >= 15 is 0 Å². The van der Waals surface area contributed by atoms with Crippen LogP contribution in [0.25, 0.3) is 0 Å². The van der Waals surface area contributed by atoms with Gasteiger partial charge in [-0.25, -0.2) is 0 Å². The molecule has 2 N–H and O–H groups in total. The summed E-state index contributed by atoms with van der Waals surface area (Å²) in [6.07, 6.45) is 4.55. The number of halogens is 2. The van der Waals surface area contributed by atoms with E-state index in [0.29, 0.717) is 38.7 Å². The van der Waals surface area contributed by atoms with Crippen molar-refractivity contribution in [1.82, 2.24) is 0 Å². The highest BCUT2D eigenvalue weighted by atomic mass is 35.5. The van der Waals surface area contributed by atoms with Crippen molar-refractivity contribution < 1.29 is 9.59 Å². The topological polar surface area (TPSA) is 63.4 Å². The van der Waals surface area contributed by atoms with Gasteiger partial charge in [-0.1, -0.05) is 75.5 Å². The number of amides is 2. The number of rotatable bonds is 9. The fraction of sp³-hybridized carbons (Fsp3) is 0.364. The molecule has 2 amide bonds. The average molecular weight is 483 g/mol. The first kappa shape index (κ1) is 23.3. The largest absolute Gasteiger partial charge is 0.369 e. The average Bonchev–Trinajstić information content (AvgIpc) is 3.22. The van der Waals surface area contributed by atoms with Gasteiger partial charge in [0.25, 0.3) is 0 Å². The number of anilines is 2. The first-order valence-electron chi connectivity index (χ1n) is 9.89. The Hall–Kier alpha value is -1.34. The Bertz CT molecular complexity index is 884. The number of carbonyl (C=O) groups excluding carboxylic acids is 2. The second-order valence-electron chi connectivity index (χ2n) is 7.15. The fourth-order valence-corrected chi connectivity index (χ4v) is 7.07. The molecule has 0 saturated carbocycles. The zero-order chi connectivity index (χ0) is 21.5. The molecular weight excluding hydrogens is 459 g/mol. The van der Waals surface area contributed by atoms with E-state index in [0.717, 1.165) is 19.3 Å². The Morgan fingerprint density at radius 3 is 2.47 bits per heavy atom. The molecule has 1 aliphatic rings. The van der Waals surface area contributed by atoms with Gasteiger partial charge in [-0.15, -0.1) is 0 Å². The first-order valence-corrected chi connectivity index (χ1v) is 13.0. The third kappa shape index (κ3) is 6.10. The van der Waals surface area contributed by atoms with Crippen LogP contribution in [0.5, 0.6) is 0 Å². The van der Waals surface area contributed by atoms with E-state index in [1.165, 1.54) is 12.2 Å². The van der Waals surface area contributed by atoms with Gasteiger partial charge in [0.1, 0.15) is 0 Å². The van der Waals surface area contributed by atoms with Crippen molar-refractivity contribution in [2.24, 2.45) is 5.73 Å². The maximum absolute atomic E-state index is 13.4. The van der Waals surface area contributed by atoms with Crippen molar-refractivity contribution in [2.45, 2.75) is 43.8 Å². The summed E-state index contributed by atoms with van der Waals surface area (Å²) >= 11 is 12.9. The molecule has 1 unspecified atom stereocenters. The summed E-state index contributed by atoms with van der Waals surface area (Å²) in [5.41, 5.74) is 7.11. The van der Waals surface area contributed by atoms with Crippen LogP contribution >= 0.6 is 44.8 Å². The molecule has 1 fully saturated rings. The second kappa shape index (κ2) is 11.3. The lowest BCUT2D eigenvalue weighted by molar-refractivity contribution is -0.118. The SMILES string of the molecule is NC(=O)Cc1ccccc1N(C(=O)CCCCC1CCSS1)c1c(Cl)cccc1Cl. The molecule has 1 aliphatic heterocycles. The number of unbranched alkanes of at least 4 members (excludes halogenated alkanes) is 1. The van der Waals surface area contributed by atoms with Crippen molar-refractivity contribution in [2.75, 3.05) is 10.7 Å². The summed E-state index contributed by atoms with van der Waals surface area (Å²) in [5, 5.41) is 1.45. The number of para-hydroxylation sites is 2. The van der Waals surface area contributed by atoms with Crippen molar-refractivity contribution in [3.05, 3.63) is 58.1 Å². The van der Waals surface area contributed by atoms with Gasteiger partial charge in [0.15, 0.2) is 0 Å². The minimum absolute atomic E-state index is 0.0264. The van der Waals surface area contributed by atoms with Crippen LogP contribution in [0, 0.1) is 0 Å². The van der Waals surface area contributed by atoms with Crippen molar-refractivity contribution >= 4 is 68.0 Å². The number of nitrogens with zero attached hydrogens (tertiary/aromatic N) is 1. The maximum Gasteiger partial charge on any atom is 0.231 e. The lowest BCUT2D eigenvalue weighted by atomic mass is 10.1. The van der Waals surface area contributed by atoms with E-state index in [4.69, 9.17) is 28.9 Å². The molecule has 0 spiro atoms. The summed E-state index contributed by atoms with van der Waals surface area (Å²) < 4.78 is 0. The maximum atomic E-state index is 13.4. The molecule has 30 heavy (non-hydrogen) atoms. The zero-order valence-electron chi connectivity index (χ0n) is 16.5. The third-order valence-corrected chi connectivity index (χ3v) is 8.52. The van der Waals surface area contributed by atoms with E-state index < -0.39 is 5.91 Å². The van der Waals surface area contributed by atoms with Crippen LogP contribution in [0.1, 0.15) is 37.7 Å². The number of nitrogens with two attached hydrogens (primary N) is 1. The lowest BCUT2D eigenvalue weighted by Gasteiger charge is -2.27. The lowest BCUT2D eigenvalue weighted by Crippen LogP contribution is -2.28. The smallest absolute Gasteiger partial charge is 0.231 e. The Balaban J connectivity index is 1.85. The fourth-order valence-electron chi connectivity index (χ4n) is 3.47. The van der Waals surface area contributed by atoms with Gasteiger partial charge in [0, 0.05) is 17.4 Å². The molecule has 8 heteroatoms. The Morgan fingerprint density at radius 2 is 1.80 bits per heavy atom. The highest BCUT2D eigenvalue weighted by molar-refractivity contribution is 8.77. The molecule has 0 aliphatic carbocycles. The Labute approximate surface area is 195 Å². The molecule has 1 heterocycles. The zero-order valence-corrected chi connectivity index (χ0v) is 19.6. The Morgan fingerprint density at radius 1 is 1.07 bits per heavy atom. The molecule has 0 aromatic heterocycles. The summed E-state index contributed by atoms with van der Waals surface area (Å²) in [4.78, 5) is 26.5. The van der Waals surface area contributed by atoms with Gasteiger partial charge in [-0.2, -0.15) is 0 Å². The van der Waals surface area contributed by atoms with Crippen molar-refractivity contribution in [3.63, 3.8) is 0 Å². The number of carbonyl (C=O) groups is 2. The van der Waals surface area contributed by atoms with Crippen LogP contribution in [0.3, 0.4) is 0 Å². The highest BCUT2D eigenvalue weighted by Crippen LogP contribution is 2.41. The predicted octanol–water partition coefficient (Wildman–Crippen LogP) is 6.40. The van der Waals surface area contributed by atoms with Crippen molar-refractivity contribution in [3.8, 4) is 0 Å². The molecular formula is C22H24Cl2N2O2S2. The van der Waals surface area contributed by atoms with E-state index in [2.05, 4.69) is 0 Å². The van der Waals surface area contributed by atoms with E-state index in [1.807, 2.05) is 33.7 Å². The normalized spacial score (nSPS) is 15.9. The highest BCUT2D eigenvalue weighted by Gasteiger charge is 2.25. The van der Waals surface area contributed by atoms with Gasteiger partial charge in [-0.05, 0) is 43.0 Å². The Kier molecular flexibility index (Phi) is 8.81. The quantitative estimate of drug-likeness (QED) is 0.331. The minimum atomic E-state index is -0.466. The molecule has 4 nitrogen and oxygen atoms in total. The van der Waals surface area contributed by atoms with Gasteiger partial charge < -0.3 is 5.73 Å². The van der Waals surface area contributed by atoms with Crippen LogP contribution in [0.4, 0.5) is 11.4 Å². The van der Waals surface area contributed by atoms with Gasteiger partial charge >= 0.3 is 0 Å². The monoisotopic (exact) mass is 482 g/mol. The number of primary amides is 1. The molecule has 2 aromatic carbocycles. The first-order chi connectivity index (χ1) is 14.5. The standard InChI is InChI=1S/C22H24Cl2N2O2S2/c23-17-8-5-9-18(24)22(17)26(19-10-3-1-6-15(19)14-20(25)27)21(28)11-4-2-7-16-12-13-29-30-16/h1,3,5-6,8-10,16H,2,4,7,11-14H2,(H2,25,27). The minimum Gasteiger partial charge on any atom is -0.369 e. The molecule has 0 radical (unpaired) electrons. The van der Waals surface area contributed by atoms with Gasteiger partial charge in [0.05, 0.1) is 27.8 Å². The summed E-state index contributed by atoms with van der Waals surface area (Å²) in [6, 6.07) is 12.4. The second-order valence-corrected chi connectivity index (χ2v) is 10.7. The molecule has 1 atom stereocenters. The number of benzene rings is 2. The summed E-state index contributed by atoms with van der Waals surface area (Å²) in [6.45, 7) is 0. The van der Waals surface area contributed by atoms with E-state index in [-0.39, 0.29) is 12.3 Å². The molecule has 160 valence electrons. The molecule has 0 bridgehead atoms. The van der Waals surface area contributed by atoms with Crippen LogP contribution < -0.4 is 10.6 Å². The summed E-state index contributed by atoms with van der Waals surface area (Å²) in [7, 11) is 3.89. The van der Waals surface area contributed by atoms with Crippen LogP contribution in [-0.4, -0.2) is 22.8 Å². The molecule has 3 rings (SSSR count). The van der Waals surface area contributed by atoms with Crippen LogP contribution in [0.2, 0.25) is 10.0 Å². The van der Waals surface area contributed by atoms with Gasteiger partial charge in [-0.3, -0.25) is 14.5 Å². The number of hydrogen-bond donors (Lipinski definition) is 1. The predicted molar refractivity (Wildman–Crippen MR) is 130 cm³/mol. The summed E-state index contributed by atoms with van der Waals surface area (Å²) in [5.74, 6) is 0.645. The number of hydrogen-bond acceptors (Lipinski definition) is 4.